The zero-order valence-corrected chi connectivity index (χ0v) is 12.5. The molecule has 1 N–H and O–H groups in total. The highest BCUT2D eigenvalue weighted by molar-refractivity contribution is 7.13. The van der Waals surface area contributed by atoms with Crippen molar-refractivity contribution in [3.8, 4) is 10.7 Å². The Morgan fingerprint density at radius 1 is 1.24 bits per heavy atom. The molecule has 0 aliphatic heterocycles. The lowest BCUT2D eigenvalue weighted by Crippen LogP contribution is -2.13. The van der Waals surface area contributed by atoms with Crippen molar-refractivity contribution in [3.63, 3.8) is 0 Å². The van der Waals surface area contributed by atoms with E-state index >= 15 is 0 Å². The molecule has 3 aromatic heterocycles. The molecule has 0 saturated carbocycles. The van der Waals surface area contributed by atoms with Crippen molar-refractivity contribution in [1.29, 1.82) is 0 Å². The summed E-state index contributed by atoms with van der Waals surface area (Å²) in [7, 11) is 0. The molecule has 0 atom stereocenters. The fourth-order valence-corrected chi connectivity index (χ4v) is 2.69. The van der Waals surface area contributed by atoms with Crippen LogP contribution in [0.25, 0.3) is 10.7 Å². The van der Waals surface area contributed by atoms with Gasteiger partial charge in [-0.15, -0.1) is 11.3 Å². The molecule has 0 aromatic carbocycles. The van der Waals surface area contributed by atoms with E-state index in [-0.39, 0.29) is 0 Å². The van der Waals surface area contributed by atoms with E-state index in [9.17, 15) is 0 Å². The Hall–Kier alpha value is -2.12. The van der Waals surface area contributed by atoms with Crippen LogP contribution in [0, 0.1) is 0 Å². The van der Waals surface area contributed by atoms with Gasteiger partial charge in [0, 0.05) is 43.6 Å². The number of nitrogens with zero attached hydrogens (tertiary/aromatic N) is 5. The smallest absolute Gasteiger partial charge is 0.143 e. The Morgan fingerprint density at radius 3 is 2.90 bits per heavy atom. The highest BCUT2D eigenvalue weighted by Gasteiger charge is 2.06. The summed E-state index contributed by atoms with van der Waals surface area (Å²) >= 11 is 1.58. The van der Waals surface area contributed by atoms with E-state index < -0.39 is 0 Å². The third kappa shape index (κ3) is 3.50. The largest absolute Gasteiger partial charge is 0.305 e. The van der Waals surface area contributed by atoms with Crippen LogP contribution in [0.3, 0.4) is 0 Å². The van der Waals surface area contributed by atoms with Crippen LogP contribution in [0.1, 0.15) is 18.3 Å². The molecule has 0 unspecified atom stereocenters. The van der Waals surface area contributed by atoms with Crippen LogP contribution in [-0.2, 0) is 19.6 Å². The zero-order chi connectivity index (χ0) is 14.5. The van der Waals surface area contributed by atoms with Crippen molar-refractivity contribution < 1.29 is 0 Å². The predicted octanol–water partition coefficient (Wildman–Crippen LogP) is 2.11. The summed E-state index contributed by atoms with van der Waals surface area (Å²) in [5.41, 5.74) is 2.87. The molecule has 108 valence electrons. The third-order valence-corrected chi connectivity index (χ3v) is 3.88. The Bertz CT molecular complexity index is 690. The van der Waals surface area contributed by atoms with Crippen molar-refractivity contribution in [2.75, 3.05) is 0 Å². The Balaban J connectivity index is 1.55. The van der Waals surface area contributed by atoms with Gasteiger partial charge in [0.05, 0.1) is 17.6 Å². The molecule has 0 aliphatic carbocycles. The number of hydrogen-bond acceptors (Lipinski definition) is 6. The molecule has 6 nitrogen and oxygen atoms in total. The molecule has 0 radical (unpaired) electrons. The van der Waals surface area contributed by atoms with Gasteiger partial charge in [-0.1, -0.05) is 0 Å². The fourth-order valence-electron chi connectivity index (χ4n) is 1.91. The number of nitrogens with one attached hydrogen (secondary N) is 1. The van der Waals surface area contributed by atoms with E-state index in [1.807, 2.05) is 22.3 Å². The summed E-state index contributed by atoms with van der Waals surface area (Å²) in [6, 6.07) is 2.03. The summed E-state index contributed by atoms with van der Waals surface area (Å²) in [6.45, 7) is 4.43. The number of aryl methyl sites for hydroxylation is 1. The molecule has 21 heavy (non-hydrogen) atoms. The van der Waals surface area contributed by atoms with Crippen LogP contribution < -0.4 is 5.32 Å². The lowest BCUT2D eigenvalue weighted by molar-refractivity contribution is 0.617. The standard InChI is InChI=1S/C14H16N6S/c1-2-20-6-3-11(19-20)7-16-8-12-10-21-14(18-12)13-9-15-4-5-17-13/h3-6,9-10,16H,2,7-8H2,1H3. The average Bonchev–Trinajstić information content (AvgIpc) is 3.17. The van der Waals surface area contributed by atoms with E-state index in [1.165, 1.54) is 0 Å². The van der Waals surface area contributed by atoms with Crippen LogP contribution in [-0.4, -0.2) is 24.7 Å². The Morgan fingerprint density at radius 2 is 2.14 bits per heavy atom. The van der Waals surface area contributed by atoms with Crippen molar-refractivity contribution in [3.05, 3.63) is 47.6 Å². The molecule has 3 aromatic rings. The highest BCUT2D eigenvalue weighted by atomic mass is 32.1. The minimum atomic E-state index is 0.718. The molecular weight excluding hydrogens is 284 g/mol. The average molecular weight is 300 g/mol. The van der Waals surface area contributed by atoms with Crippen LogP contribution in [0.5, 0.6) is 0 Å². The second kappa shape index (κ2) is 6.55. The van der Waals surface area contributed by atoms with Crippen LogP contribution in [0.15, 0.2) is 36.2 Å². The van der Waals surface area contributed by atoms with E-state index in [1.54, 1.807) is 29.9 Å². The normalized spacial score (nSPS) is 10.9. The predicted molar refractivity (Wildman–Crippen MR) is 81.6 cm³/mol. The maximum Gasteiger partial charge on any atom is 0.143 e. The van der Waals surface area contributed by atoms with E-state index in [2.05, 4.69) is 32.3 Å². The van der Waals surface area contributed by atoms with Gasteiger partial charge in [0.1, 0.15) is 10.7 Å². The SMILES string of the molecule is CCn1ccc(CNCc2csc(-c3cnccn3)n2)n1. The van der Waals surface area contributed by atoms with Crippen molar-refractivity contribution >= 4 is 11.3 Å². The maximum absolute atomic E-state index is 4.56. The van der Waals surface area contributed by atoms with Crippen molar-refractivity contribution in [2.24, 2.45) is 0 Å². The quantitative estimate of drug-likeness (QED) is 0.755. The van der Waals surface area contributed by atoms with Gasteiger partial charge in [0.15, 0.2) is 0 Å². The molecule has 0 bridgehead atoms. The van der Waals surface area contributed by atoms with Crippen molar-refractivity contribution in [2.45, 2.75) is 26.6 Å². The third-order valence-electron chi connectivity index (χ3n) is 2.97. The zero-order valence-electron chi connectivity index (χ0n) is 11.7. The molecule has 7 heteroatoms. The van der Waals surface area contributed by atoms with Gasteiger partial charge in [0.25, 0.3) is 0 Å². The second-order valence-electron chi connectivity index (χ2n) is 4.50. The first-order valence-electron chi connectivity index (χ1n) is 6.79. The number of rotatable bonds is 6. The Kier molecular flexibility index (Phi) is 4.32. The van der Waals surface area contributed by atoms with E-state index in [0.29, 0.717) is 0 Å². The first-order chi connectivity index (χ1) is 10.3. The molecule has 0 amide bonds. The summed E-state index contributed by atoms with van der Waals surface area (Å²) in [6.07, 6.45) is 7.06. The van der Waals surface area contributed by atoms with Crippen molar-refractivity contribution in [1.82, 2.24) is 30.0 Å². The minimum absolute atomic E-state index is 0.718. The second-order valence-corrected chi connectivity index (χ2v) is 5.36. The van der Waals surface area contributed by atoms with Crippen LogP contribution in [0.2, 0.25) is 0 Å². The molecule has 3 rings (SSSR count). The molecule has 0 spiro atoms. The lowest BCUT2D eigenvalue weighted by Gasteiger charge is -1.99. The number of hydrogen-bond donors (Lipinski definition) is 1. The molecule has 0 aliphatic rings. The fraction of sp³-hybridized carbons (Fsp3) is 0.286. The highest BCUT2D eigenvalue weighted by Crippen LogP contribution is 2.20. The summed E-state index contributed by atoms with van der Waals surface area (Å²) in [5, 5.41) is 10.7. The van der Waals surface area contributed by atoms with Gasteiger partial charge in [0.2, 0.25) is 0 Å². The van der Waals surface area contributed by atoms with Crippen LogP contribution in [0.4, 0.5) is 0 Å². The first kappa shape index (κ1) is 13.8. The maximum atomic E-state index is 4.56. The van der Waals surface area contributed by atoms with E-state index in [0.717, 1.165) is 41.7 Å². The summed E-state index contributed by atoms with van der Waals surface area (Å²) < 4.78 is 1.92. The topological polar surface area (TPSA) is 68.5 Å². The van der Waals surface area contributed by atoms with Gasteiger partial charge in [-0.2, -0.15) is 5.10 Å². The molecule has 0 saturated heterocycles. The van der Waals surface area contributed by atoms with E-state index in [4.69, 9.17) is 0 Å². The minimum Gasteiger partial charge on any atom is -0.305 e. The van der Waals surface area contributed by atoms with Gasteiger partial charge in [-0.05, 0) is 13.0 Å². The summed E-state index contributed by atoms with van der Waals surface area (Å²) in [4.78, 5) is 12.9. The monoisotopic (exact) mass is 300 g/mol. The molecule has 0 fully saturated rings. The summed E-state index contributed by atoms with van der Waals surface area (Å²) in [5.74, 6) is 0. The molecular formula is C14H16N6S. The lowest BCUT2D eigenvalue weighted by atomic mass is 10.4. The number of aromatic nitrogens is 5. The Labute approximate surface area is 126 Å². The van der Waals surface area contributed by atoms with Gasteiger partial charge >= 0.3 is 0 Å². The molecule has 3 heterocycles. The van der Waals surface area contributed by atoms with Gasteiger partial charge in [-0.25, -0.2) is 4.98 Å². The van der Waals surface area contributed by atoms with Gasteiger partial charge in [-0.3, -0.25) is 14.6 Å². The van der Waals surface area contributed by atoms with Gasteiger partial charge < -0.3 is 5.32 Å². The first-order valence-corrected chi connectivity index (χ1v) is 7.67. The van der Waals surface area contributed by atoms with Crippen LogP contribution >= 0.6 is 11.3 Å². The number of thiazole rings is 1.